The Hall–Kier alpha value is -1.16. The Bertz CT molecular complexity index is 468. The van der Waals surface area contributed by atoms with Crippen LogP contribution in [0.15, 0.2) is 12.1 Å². The molecule has 3 nitrogen and oxygen atoms in total. The molecule has 0 saturated heterocycles. The van der Waals surface area contributed by atoms with E-state index >= 15 is 0 Å². The molecule has 4 heteroatoms. The van der Waals surface area contributed by atoms with Crippen molar-refractivity contribution in [2.75, 3.05) is 5.73 Å². The summed E-state index contributed by atoms with van der Waals surface area (Å²) in [6.07, 6.45) is 0. The molecule has 2 aromatic rings. The number of aromatic nitrogens is 2. The third-order valence-corrected chi connectivity index (χ3v) is 2.83. The molecule has 0 bridgehead atoms. The van der Waals surface area contributed by atoms with Gasteiger partial charge in [-0.3, -0.25) is 0 Å². The van der Waals surface area contributed by atoms with Gasteiger partial charge in [-0.05, 0) is 12.1 Å². The van der Waals surface area contributed by atoms with Crippen LogP contribution in [0.1, 0.15) is 26.5 Å². The smallest absolute Gasteiger partial charge is 0.182 e. The summed E-state index contributed by atoms with van der Waals surface area (Å²) < 4.78 is 0. The summed E-state index contributed by atoms with van der Waals surface area (Å²) in [5, 5.41) is 0.582. The third-order valence-electron chi connectivity index (χ3n) is 2.04. The maximum atomic E-state index is 5.62. The highest BCUT2D eigenvalue weighted by Crippen LogP contribution is 2.26. The van der Waals surface area contributed by atoms with Gasteiger partial charge in [0, 0.05) is 11.1 Å². The first-order valence-corrected chi connectivity index (χ1v) is 5.32. The highest BCUT2D eigenvalue weighted by atomic mass is 32.1. The molecule has 0 saturated carbocycles. The van der Waals surface area contributed by atoms with Gasteiger partial charge in [0.25, 0.3) is 0 Å². The largest absolute Gasteiger partial charge is 0.375 e. The van der Waals surface area contributed by atoms with Crippen molar-refractivity contribution in [2.45, 2.75) is 26.2 Å². The van der Waals surface area contributed by atoms with Crippen LogP contribution in [0.25, 0.3) is 10.3 Å². The van der Waals surface area contributed by atoms with Crippen LogP contribution in [0.3, 0.4) is 0 Å². The maximum Gasteiger partial charge on any atom is 0.182 e. The minimum absolute atomic E-state index is 0.0763. The number of thiazole rings is 1. The van der Waals surface area contributed by atoms with Gasteiger partial charge in [-0.2, -0.15) is 0 Å². The van der Waals surface area contributed by atoms with E-state index in [1.165, 1.54) is 11.3 Å². The highest BCUT2D eigenvalue weighted by Gasteiger charge is 2.16. The number of rotatable bonds is 0. The Morgan fingerprint density at radius 1 is 1.21 bits per heavy atom. The van der Waals surface area contributed by atoms with E-state index in [0.717, 1.165) is 16.0 Å². The van der Waals surface area contributed by atoms with Crippen LogP contribution >= 0.6 is 11.3 Å². The molecular formula is C10H13N3S. The topological polar surface area (TPSA) is 51.8 Å². The second-order valence-corrected chi connectivity index (χ2v) is 5.33. The fourth-order valence-corrected chi connectivity index (χ4v) is 1.96. The van der Waals surface area contributed by atoms with Crippen molar-refractivity contribution in [3.63, 3.8) is 0 Å². The molecule has 14 heavy (non-hydrogen) atoms. The first-order valence-electron chi connectivity index (χ1n) is 4.50. The Kier molecular flexibility index (Phi) is 1.96. The lowest BCUT2D eigenvalue weighted by Crippen LogP contribution is -2.12. The van der Waals surface area contributed by atoms with Crippen molar-refractivity contribution >= 4 is 26.8 Å². The van der Waals surface area contributed by atoms with Crippen LogP contribution < -0.4 is 5.73 Å². The standard InChI is InChI=1S/C10H13N3S/c1-10(2,3)7-5-4-6-8(13-7)14-9(11)12-6/h4-5H,1-3H3,(H2,11,12). The molecule has 0 aromatic carbocycles. The van der Waals surface area contributed by atoms with Gasteiger partial charge in [-0.25, -0.2) is 9.97 Å². The average Bonchev–Trinajstić information content (AvgIpc) is 2.41. The molecule has 0 spiro atoms. The van der Waals surface area contributed by atoms with Gasteiger partial charge in [-0.15, -0.1) is 0 Å². The molecule has 0 aliphatic rings. The van der Waals surface area contributed by atoms with Gasteiger partial charge in [0.2, 0.25) is 0 Å². The first kappa shape index (κ1) is 9.40. The molecule has 0 radical (unpaired) electrons. The van der Waals surface area contributed by atoms with E-state index in [2.05, 4.69) is 30.7 Å². The number of pyridine rings is 1. The van der Waals surface area contributed by atoms with E-state index < -0.39 is 0 Å². The van der Waals surface area contributed by atoms with Gasteiger partial charge < -0.3 is 5.73 Å². The Balaban J connectivity index is 2.62. The monoisotopic (exact) mass is 207 g/mol. The summed E-state index contributed by atoms with van der Waals surface area (Å²) >= 11 is 1.44. The Morgan fingerprint density at radius 3 is 2.57 bits per heavy atom. The summed E-state index contributed by atoms with van der Waals surface area (Å²) in [6.45, 7) is 6.43. The highest BCUT2D eigenvalue weighted by molar-refractivity contribution is 7.21. The van der Waals surface area contributed by atoms with Crippen LogP contribution in [0, 0.1) is 0 Å². The van der Waals surface area contributed by atoms with Gasteiger partial charge in [0.15, 0.2) is 5.13 Å². The maximum absolute atomic E-state index is 5.62. The number of fused-ring (bicyclic) bond motifs is 1. The number of anilines is 1. The summed E-state index contributed by atoms with van der Waals surface area (Å²) in [6, 6.07) is 4.00. The third kappa shape index (κ3) is 1.57. The van der Waals surface area contributed by atoms with Crippen molar-refractivity contribution in [1.82, 2.24) is 9.97 Å². The second-order valence-electron chi connectivity index (χ2n) is 4.32. The molecule has 74 valence electrons. The number of hydrogen-bond donors (Lipinski definition) is 1. The Morgan fingerprint density at radius 2 is 1.93 bits per heavy atom. The lowest BCUT2D eigenvalue weighted by Gasteiger charge is -2.16. The van der Waals surface area contributed by atoms with Gasteiger partial charge in [0.05, 0.1) is 0 Å². The van der Waals surface area contributed by atoms with Crippen molar-refractivity contribution in [1.29, 1.82) is 0 Å². The summed E-state index contributed by atoms with van der Waals surface area (Å²) in [7, 11) is 0. The molecule has 0 aliphatic carbocycles. The van der Waals surface area contributed by atoms with E-state index in [1.807, 2.05) is 12.1 Å². The molecule has 2 heterocycles. The zero-order valence-electron chi connectivity index (χ0n) is 8.53. The molecule has 0 unspecified atom stereocenters. The Labute approximate surface area is 87.0 Å². The fourth-order valence-electron chi connectivity index (χ4n) is 1.25. The quantitative estimate of drug-likeness (QED) is 0.722. The van der Waals surface area contributed by atoms with Crippen LogP contribution in [0.5, 0.6) is 0 Å². The van der Waals surface area contributed by atoms with E-state index in [-0.39, 0.29) is 5.41 Å². The predicted molar refractivity (Wildman–Crippen MR) is 60.5 cm³/mol. The van der Waals surface area contributed by atoms with Crippen LogP contribution in [0.2, 0.25) is 0 Å². The fraction of sp³-hybridized carbons (Fsp3) is 0.400. The van der Waals surface area contributed by atoms with Crippen molar-refractivity contribution < 1.29 is 0 Å². The van der Waals surface area contributed by atoms with Crippen molar-refractivity contribution in [3.05, 3.63) is 17.8 Å². The predicted octanol–water partition coefficient (Wildman–Crippen LogP) is 2.57. The van der Waals surface area contributed by atoms with Crippen molar-refractivity contribution in [2.24, 2.45) is 0 Å². The van der Waals surface area contributed by atoms with Gasteiger partial charge >= 0.3 is 0 Å². The average molecular weight is 207 g/mol. The van der Waals surface area contributed by atoms with E-state index in [0.29, 0.717) is 5.13 Å². The lowest BCUT2D eigenvalue weighted by molar-refractivity contribution is 0.572. The molecule has 0 aliphatic heterocycles. The molecule has 0 fully saturated rings. The minimum Gasteiger partial charge on any atom is -0.375 e. The van der Waals surface area contributed by atoms with E-state index in [1.54, 1.807) is 0 Å². The zero-order valence-corrected chi connectivity index (χ0v) is 9.35. The lowest BCUT2D eigenvalue weighted by atomic mass is 9.92. The van der Waals surface area contributed by atoms with E-state index in [4.69, 9.17) is 5.73 Å². The molecule has 0 amide bonds. The molecule has 2 aromatic heterocycles. The summed E-state index contributed by atoms with van der Waals surface area (Å²) in [5.41, 5.74) is 7.66. The zero-order chi connectivity index (χ0) is 10.3. The first-order chi connectivity index (χ1) is 6.47. The summed E-state index contributed by atoms with van der Waals surface area (Å²) in [4.78, 5) is 9.64. The van der Waals surface area contributed by atoms with Gasteiger partial charge in [-0.1, -0.05) is 32.1 Å². The van der Waals surface area contributed by atoms with Crippen molar-refractivity contribution in [3.8, 4) is 0 Å². The molecule has 0 atom stereocenters. The number of nitrogen functional groups attached to an aromatic ring is 1. The molecular weight excluding hydrogens is 194 g/mol. The summed E-state index contributed by atoms with van der Waals surface area (Å²) in [5.74, 6) is 0. The van der Waals surface area contributed by atoms with Crippen LogP contribution in [0.4, 0.5) is 5.13 Å². The normalized spacial score (nSPS) is 12.2. The number of nitrogens with two attached hydrogens (primary N) is 1. The SMILES string of the molecule is CC(C)(C)c1ccc2nc(N)sc2n1. The van der Waals surface area contributed by atoms with Gasteiger partial charge in [0.1, 0.15) is 10.3 Å². The molecule has 2 rings (SSSR count). The molecule has 2 N–H and O–H groups in total. The van der Waals surface area contributed by atoms with E-state index in [9.17, 15) is 0 Å². The second kappa shape index (κ2) is 2.92. The number of nitrogens with zero attached hydrogens (tertiary/aromatic N) is 2. The minimum atomic E-state index is 0.0763. The number of hydrogen-bond acceptors (Lipinski definition) is 4. The van der Waals surface area contributed by atoms with Crippen LogP contribution in [-0.2, 0) is 5.41 Å². The van der Waals surface area contributed by atoms with Crippen LogP contribution in [-0.4, -0.2) is 9.97 Å².